The zero-order chi connectivity index (χ0) is 34.9. The van der Waals surface area contributed by atoms with Crippen LogP contribution in [0.25, 0.3) is 0 Å². The fraction of sp³-hybridized carbons (Fsp3) is 0.500. The maximum Gasteiger partial charge on any atom is 0.220 e. The molecule has 6 rings (SSSR count). The number of hydrogen-bond donors (Lipinski definition) is 3. The zero-order valence-electron chi connectivity index (χ0n) is 30.1. The summed E-state index contributed by atoms with van der Waals surface area (Å²) < 4.78 is 23.7. The van der Waals surface area contributed by atoms with Gasteiger partial charge in [-0.2, -0.15) is 9.97 Å². The van der Waals surface area contributed by atoms with Crippen LogP contribution < -0.4 is 29.7 Å². The first kappa shape index (κ1) is 35.9. The van der Waals surface area contributed by atoms with Crippen molar-refractivity contribution in [2.24, 2.45) is 0 Å². The summed E-state index contributed by atoms with van der Waals surface area (Å²) in [4.78, 5) is 9.31. The summed E-state index contributed by atoms with van der Waals surface area (Å²) in [5.74, 6) is 2.43. The predicted octanol–water partition coefficient (Wildman–Crippen LogP) is 6.32. The van der Waals surface area contributed by atoms with E-state index in [2.05, 4.69) is 69.9 Å². The standard InChI is InChI=1S/C40H53N5O5/c1-28-32(25-49-36-17-15-30(38(43-36)47-3)23-41-40(27-46)19-5-6-20-40)11-9-13-34(28)35-14-10-12-33(29(35)2)26-50-37-18-16-31(39(44-37)48-4)24-42-45-21-7-8-22-45/h9-12,14-18,34,41-42,46H,5-8,13,19-27H2,1-4H3. The maximum atomic E-state index is 9.98. The lowest BCUT2D eigenvalue weighted by Gasteiger charge is -2.28. The molecule has 10 nitrogen and oxygen atoms in total. The average Bonchev–Trinajstić information content (AvgIpc) is 3.86. The first-order valence-electron chi connectivity index (χ1n) is 18.0. The summed E-state index contributed by atoms with van der Waals surface area (Å²) in [5, 5.41) is 15.8. The molecule has 50 heavy (non-hydrogen) atoms. The van der Waals surface area contributed by atoms with Gasteiger partial charge in [0.05, 0.1) is 20.8 Å². The average molecular weight is 684 g/mol. The lowest BCUT2D eigenvalue weighted by molar-refractivity contribution is 0.162. The number of allylic oxidation sites excluding steroid dienone is 2. The molecule has 3 aliphatic rings. The zero-order valence-corrected chi connectivity index (χ0v) is 30.1. The topological polar surface area (TPSA) is 110 Å². The number of aromatic nitrogens is 2. The minimum atomic E-state index is -0.207. The van der Waals surface area contributed by atoms with E-state index in [0.717, 1.165) is 67.5 Å². The van der Waals surface area contributed by atoms with Crippen LogP contribution in [0, 0.1) is 6.92 Å². The number of nitrogens with zero attached hydrogens (tertiary/aromatic N) is 3. The quantitative estimate of drug-likeness (QED) is 0.159. The van der Waals surface area contributed by atoms with E-state index in [1.165, 1.54) is 29.5 Å². The Morgan fingerprint density at radius 1 is 0.820 bits per heavy atom. The molecule has 3 heterocycles. The van der Waals surface area contributed by atoms with Crippen molar-refractivity contribution in [2.75, 3.05) is 40.5 Å². The molecule has 0 bridgehead atoms. The minimum absolute atomic E-state index is 0.142. The van der Waals surface area contributed by atoms with Crippen molar-refractivity contribution >= 4 is 0 Å². The van der Waals surface area contributed by atoms with E-state index in [4.69, 9.17) is 18.9 Å². The molecule has 1 atom stereocenters. The van der Waals surface area contributed by atoms with Gasteiger partial charge >= 0.3 is 0 Å². The number of aliphatic hydroxyl groups excluding tert-OH is 1. The molecular weight excluding hydrogens is 630 g/mol. The van der Waals surface area contributed by atoms with Gasteiger partial charge in [0.2, 0.25) is 23.5 Å². The highest BCUT2D eigenvalue weighted by Gasteiger charge is 2.32. The molecule has 1 aromatic carbocycles. The van der Waals surface area contributed by atoms with Crippen LogP contribution in [-0.4, -0.2) is 66.1 Å². The summed E-state index contributed by atoms with van der Waals surface area (Å²) >= 11 is 0. The smallest absolute Gasteiger partial charge is 0.220 e. The molecule has 1 aliphatic heterocycles. The van der Waals surface area contributed by atoms with Gasteiger partial charge in [-0.05, 0) is 80.3 Å². The Balaban J connectivity index is 1.08. The fourth-order valence-corrected chi connectivity index (χ4v) is 7.43. The van der Waals surface area contributed by atoms with Crippen molar-refractivity contribution in [3.05, 3.63) is 93.6 Å². The summed E-state index contributed by atoms with van der Waals surface area (Å²) in [5.41, 5.74) is 11.3. The van der Waals surface area contributed by atoms with E-state index in [-0.39, 0.29) is 18.1 Å². The molecule has 2 fully saturated rings. The van der Waals surface area contributed by atoms with E-state index in [1.54, 1.807) is 14.2 Å². The monoisotopic (exact) mass is 683 g/mol. The molecule has 3 aromatic rings. The Morgan fingerprint density at radius 2 is 1.48 bits per heavy atom. The maximum absolute atomic E-state index is 9.98. The van der Waals surface area contributed by atoms with Crippen LogP contribution in [0.2, 0.25) is 0 Å². The van der Waals surface area contributed by atoms with Crippen molar-refractivity contribution in [3.8, 4) is 23.5 Å². The number of hydrazine groups is 1. The second kappa shape index (κ2) is 16.8. The third-order valence-corrected chi connectivity index (χ3v) is 10.7. The highest BCUT2D eigenvalue weighted by Crippen LogP contribution is 2.37. The number of benzene rings is 1. The Morgan fingerprint density at radius 3 is 2.14 bits per heavy atom. The van der Waals surface area contributed by atoms with Gasteiger partial charge in [-0.25, -0.2) is 5.01 Å². The lowest BCUT2D eigenvalue weighted by atomic mass is 9.80. The molecule has 0 amide bonds. The van der Waals surface area contributed by atoms with E-state index >= 15 is 0 Å². The third-order valence-electron chi connectivity index (χ3n) is 10.7. The summed E-state index contributed by atoms with van der Waals surface area (Å²) in [6.07, 6.45) is 12.0. The van der Waals surface area contributed by atoms with Gasteiger partial charge in [-0.15, -0.1) is 0 Å². The SMILES string of the molecule is COc1nc(OCc2cccc(C3CC=CC(COc4ccc(CNC5(CO)CCCC5)c(OC)n4)=C3C)c2C)ccc1CNN1CCCC1. The molecular formula is C40H53N5O5. The molecule has 2 aliphatic carbocycles. The Labute approximate surface area is 296 Å². The minimum Gasteiger partial charge on any atom is -0.481 e. The van der Waals surface area contributed by atoms with Gasteiger partial charge in [0.15, 0.2) is 0 Å². The molecule has 3 N–H and O–H groups in total. The first-order chi connectivity index (χ1) is 24.4. The van der Waals surface area contributed by atoms with Crippen molar-refractivity contribution in [1.29, 1.82) is 0 Å². The van der Waals surface area contributed by atoms with E-state index in [0.29, 0.717) is 49.8 Å². The second-order valence-electron chi connectivity index (χ2n) is 13.8. The number of ether oxygens (including phenoxy) is 4. The largest absolute Gasteiger partial charge is 0.481 e. The highest BCUT2D eigenvalue weighted by molar-refractivity contribution is 5.45. The van der Waals surface area contributed by atoms with Gasteiger partial charge < -0.3 is 29.4 Å². The molecule has 1 saturated heterocycles. The molecule has 1 unspecified atom stereocenters. The van der Waals surface area contributed by atoms with Gasteiger partial charge in [-0.3, -0.25) is 5.43 Å². The number of nitrogens with one attached hydrogen (secondary N) is 2. The molecule has 2 aromatic heterocycles. The van der Waals surface area contributed by atoms with Gasteiger partial charge in [0.25, 0.3) is 0 Å². The molecule has 10 heteroatoms. The summed E-state index contributed by atoms with van der Waals surface area (Å²) in [7, 11) is 3.29. The van der Waals surface area contributed by atoms with Crippen molar-refractivity contribution in [2.45, 2.75) is 89.9 Å². The molecule has 268 valence electrons. The van der Waals surface area contributed by atoms with E-state index in [9.17, 15) is 5.11 Å². The Bertz CT molecular complexity index is 1660. The van der Waals surface area contributed by atoms with Crippen LogP contribution in [0.4, 0.5) is 0 Å². The predicted molar refractivity (Wildman–Crippen MR) is 195 cm³/mol. The van der Waals surface area contributed by atoms with Crippen molar-refractivity contribution in [1.82, 2.24) is 25.7 Å². The van der Waals surface area contributed by atoms with Crippen LogP contribution in [0.1, 0.15) is 85.6 Å². The highest BCUT2D eigenvalue weighted by atomic mass is 16.5. The number of aliphatic hydroxyl groups is 1. The summed E-state index contributed by atoms with van der Waals surface area (Å²) in [6.45, 7) is 8.77. The van der Waals surface area contributed by atoms with Crippen molar-refractivity contribution < 1.29 is 24.1 Å². The summed E-state index contributed by atoms with van der Waals surface area (Å²) in [6, 6.07) is 14.3. The van der Waals surface area contributed by atoms with Crippen LogP contribution >= 0.6 is 0 Å². The molecule has 1 saturated carbocycles. The normalized spacial score (nSPS) is 18.9. The van der Waals surface area contributed by atoms with Gasteiger partial charge in [-0.1, -0.05) is 48.8 Å². The fourth-order valence-electron chi connectivity index (χ4n) is 7.43. The number of hydrogen-bond acceptors (Lipinski definition) is 10. The van der Waals surface area contributed by atoms with Crippen LogP contribution in [-0.2, 0) is 19.7 Å². The number of rotatable bonds is 16. The second-order valence-corrected chi connectivity index (χ2v) is 13.8. The lowest BCUT2D eigenvalue weighted by Crippen LogP contribution is -2.45. The van der Waals surface area contributed by atoms with Gasteiger partial charge in [0, 0.05) is 60.9 Å². The Hall–Kier alpha value is -3.96. The first-order valence-corrected chi connectivity index (χ1v) is 18.0. The van der Waals surface area contributed by atoms with Crippen LogP contribution in [0.5, 0.6) is 23.5 Å². The van der Waals surface area contributed by atoms with E-state index in [1.807, 2.05) is 24.3 Å². The van der Waals surface area contributed by atoms with Gasteiger partial charge in [0.1, 0.15) is 13.2 Å². The van der Waals surface area contributed by atoms with Crippen molar-refractivity contribution in [3.63, 3.8) is 0 Å². The third kappa shape index (κ3) is 8.49. The van der Waals surface area contributed by atoms with Crippen LogP contribution in [0.15, 0.2) is 65.8 Å². The molecule has 0 radical (unpaired) electrons. The van der Waals surface area contributed by atoms with Crippen LogP contribution in [0.3, 0.4) is 0 Å². The van der Waals surface area contributed by atoms with E-state index < -0.39 is 0 Å². The molecule has 0 spiro atoms. The number of methoxy groups -OCH3 is 2. The number of pyridine rings is 2. The Kier molecular flexibility index (Phi) is 12.1.